The van der Waals surface area contributed by atoms with E-state index in [4.69, 9.17) is 0 Å². The van der Waals surface area contributed by atoms with E-state index in [2.05, 4.69) is 181 Å². The molecular weight excluding hydrogens is 902 g/mol. The van der Waals surface area contributed by atoms with Crippen LogP contribution >= 0.6 is 0 Å². The molecule has 348 valence electrons. The van der Waals surface area contributed by atoms with E-state index in [1.54, 1.807) is 12.1 Å². The summed E-state index contributed by atoms with van der Waals surface area (Å²) in [6.45, 7) is 2.16. The lowest BCUT2D eigenvalue weighted by molar-refractivity contribution is -0.137. The Morgan fingerprint density at radius 2 is 0.575 bits per heavy atom. The molecule has 0 bridgehead atoms. The van der Waals surface area contributed by atoms with Crippen LogP contribution in [0, 0.1) is 6.92 Å². The molecule has 0 aliphatic carbocycles. The molecule has 0 saturated heterocycles. The van der Waals surface area contributed by atoms with Crippen molar-refractivity contribution in [3.8, 4) is 22.3 Å². The van der Waals surface area contributed by atoms with Gasteiger partial charge in [-0.05, 0) is 203 Å². The summed E-state index contributed by atoms with van der Waals surface area (Å²) in [5, 5.41) is 12.5. The van der Waals surface area contributed by atoms with Gasteiger partial charge in [-0.2, -0.15) is 13.2 Å². The van der Waals surface area contributed by atoms with Crippen molar-refractivity contribution in [3.05, 3.63) is 266 Å². The van der Waals surface area contributed by atoms with E-state index in [0.717, 1.165) is 104 Å². The SMILES string of the molecule is Cc1ccccc1-c1ccc2c(c1)c1cc3c4ccc(N(c5ccccc5)c5ccccc5)cc4c4ccc(-c5ccccc5C(F)(F)F)cc4c3cc1c1ccc(N(c3ccccc3)c3ccccc3)cc21. The Morgan fingerprint density at radius 1 is 0.260 bits per heavy atom. The minimum Gasteiger partial charge on any atom is -0.310 e. The Morgan fingerprint density at radius 3 is 0.986 bits per heavy atom. The summed E-state index contributed by atoms with van der Waals surface area (Å²) in [6.07, 6.45) is -4.53. The number of alkyl halides is 3. The maximum absolute atomic E-state index is 14.8. The molecule has 73 heavy (non-hydrogen) atoms. The van der Waals surface area contributed by atoms with E-state index >= 15 is 0 Å². The minimum atomic E-state index is -4.53. The monoisotopic (exact) mass is 946 g/mol. The summed E-state index contributed by atoms with van der Waals surface area (Å²) in [5.41, 5.74) is 9.58. The number of para-hydroxylation sites is 4. The highest BCUT2D eigenvalue weighted by Crippen LogP contribution is 2.48. The zero-order chi connectivity index (χ0) is 49.2. The highest BCUT2D eigenvalue weighted by molar-refractivity contribution is 6.33. The molecule has 13 rings (SSSR count). The van der Waals surface area contributed by atoms with Crippen molar-refractivity contribution in [2.45, 2.75) is 13.1 Å². The first kappa shape index (κ1) is 43.8. The maximum Gasteiger partial charge on any atom is 0.417 e. The van der Waals surface area contributed by atoms with E-state index in [1.165, 1.54) is 23.3 Å². The fourth-order valence-corrected chi connectivity index (χ4v) is 11.2. The topological polar surface area (TPSA) is 6.48 Å². The number of halogens is 3. The van der Waals surface area contributed by atoms with Gasteiger partial charge in [0.05, 0.1) is 5.56 Å². The van der Waals surface area contributed by atoms with Crippen LogP contribution in [0.4, 0.5) is 47.3 Å². The van der Waals surface area contributed by atoms with Gasteiger partial charge in [-0.3, -0.25) is 0 Å². The predicted octanol–water partition coefficient (Wildman–Crippen LogP) is 20.2. The fourth-order valence-electron chi connectivity index (χ4n) is 11.2. The molecule has 0 spiro atoms. The third-order valence-electron chi connectivity index (χ3n) is 14.5. The molecule has 0 fully saturated rings. The highest BCUT2D eigenvalue weighted by atomic mass is 19.4. The van der Waals surface area contributed by atoms with Gasteiger partial charge < -0.3 is 9.80 Å². The van der Waals surface area contributed by atoms with Gasteiger partial charge in [0.25, 0.3) is 0 Å². The Kier molecular flexibility index (Phi) is 10.6. The molecule has 0 saturated carbocycles. The Balaban J connectivity index is 1.15. The molecule has 0 aliphatic heterocycles. The average Bonchev–Trinajstić information content (AvgIpc) is 3.44. The summed E-state index contributed by atoms with van der Waals surface area (Å²) in [6, 6.07) is 86.7. The van der Waals surface area contributed by atoms with Crippen molar-refractivity contribution in [2.24, 2.45) is 0 Å². The van der Waals surface area contributed by atoms with Gasteiger partial charge in [0.1, 0.15) is 0 Å². The van der Waals surface area contributed by atoms with Gasteiger partial charge in [-0.15, -0.1) is 0 Å². The van der Waals surface area contributed by atoms with E-state index in [9.17, 15) is 13.2 Å². The van der Waals surface area contributed by atoms with Gasteiger partial charge >= 0.3 is 6.18 Å². The van der Waals surface area contributed by atoms with Crippen LogP contribution in [-0.4, -0.2) is 0 Å². The number of benzene rings is 13. The number of hydrogen-bond donors (Lipinski definition) is 0. The van der Waals surface area contributed by atoms with E-state index in [0.29, 0.717) is 5.56 Å². The lowest BCUT2D eigenvalue weighted by Crippen LogP contribution is -2.09. The number of aryl methyl sites for hydroxylation is 1. The quantitative estimate of drug-likeness (QED) is 0.111. The summed E-state index contributed by atoms with van der Waals surface area (Å²) < 4.78 is 44.3. The van der Waals surface area contributed by atoms with Crippen LogP contribution in [0.3, 0.4) is 0 Å². The normalized spacial score (nSPS) is 11.8. The molecule has 0 radical (unpaired) electrons. The van der Waals surface area contributed by atoms with Crippen molar-refractivity contribution < 1.29 is 13.2 Å². The van der Waals surface area contributed by atoms with Gasteiger partial charge in [-0.25, -0.2) is 0 Å². The van der Waals surface area contributed by atoms with Crippen LogP contribution in [0.2, 0.25) is 0 Å². The molecule has 2 nitrogen and oxygen atoms in total. The van der Waals surface area contributed by atoms with Crippen LogP contribution in [-0.2, 0) is 6.18 Å². The zero-order valence-corrected chi connectivity index (χ0v) is 39.8. The average molecular weight is 947 g/mol. The predicted molar refractivity (Wildman–Crippen MR) is 301 cm³/mol. The number of rotatable bonds is 8. The van der Waals surface area contributed by atoms with Crippen LogP contribution in [0.1, 0.15) is 11.1 Å². The number of hydrogen-bond acceptors (Lipinski definition) is 2. The molecule has 0 unspecified atom stereocenters. The third kappa shape index (κ3) is 7.60. The number of anilines is 6. The lowest BCUT2D eigenvalue weighted by Gasteiger charge is -2.26. The van der Waals surface area contributed by atoms with Crippen LogP contribution in [0.5, 0.6) is 0 Å². The zero-order valence-electron chi connectivity index (χ0n) is 39.8. The maximum atomic E-state index is 14.8. The van der Waals surface area contributed by atoms with Crippen LogP contribution < -0.4 is 9.80 Å². The number of nitrogens with zero attached hydrogens (tertiary/aromatic N) is 2. The van der Waals surface area contributed by atoms with E-state index < -0.39 is 11.7 Å². The van der Waals surface area contributed by atoms with E-state index in [1.807, 2.05) is 66.7 Å². The van der Waals surface area contributed by atoms with Crippen molar-refractivity contribution in [1.82, 2.24) is 0 Å². The lowest BCUT2D eigenvalue weighted by atomic mass is 9.86. The second kappa shape index (κ2) is 17.6. The Hall–Kier alpha value is -9.19. The molecule has 13 aromatic rings. The molecular formula is C68H45F3N2. The van der Waals surface area contributed by atoms with Crippen molar-refractivity contribution in [3.63, 3.8) is 0 Å². The first-order chi connectivity index (χ1) is 35.8. The first-order valence-electron chi connectivity index (χ1n) is 24.6. The molecule has 0 aromatic heterocycles. The number of fused-ring (bicyclic) bond motifs is 12. The summed E-state index contributed by atoms with van der Waals surface area (Å²) in [5.74, 6) is 0. The van der Waals surface area contributed by atoms with Gasteiger partial charge in [-0.1, -0.05) is 152 Å². The van der Waals surface area contributed by atoms with Crippen molar-refractivity contribution in [1.29, 1.82) is 0 Å². The molecule has 0 aliphatic rings. The Labute approximate surface area is 421 Å². The summed E-state index contributed by atoms with van der Waals surface area (Å²) in [7, 11) is 0. The van der Waals surface area contributed by atoms with Crippen molar-refractivity contribution >= 4 is 98.8 Å². The minimum absolute atomic E-state index is 0.146. The molecule has 5 heteroatoms. The van der Waals surface area contributed by atoms with Gasteiger partial charge in [0, 0.05) is 34.1 Å². The van der Waals surface area contributed by atoms with Crippen LogP contribution in [0.15, 0.2) is 255 Å². The molecule has 0 heterocycles. The second-order valence-electron chi connectivity index (χ2n) is 18.8. The largest absolute Gasteiger partial charge is 0.417 e. The third-order valence-corrected chi connectivity index (χ3v) is 14.5. The molecule has 0 atom stereocenters. The first-order valence-corrected chi connectivity index (χ1v) is 24.6. The second-order valence-corrected chi connectivity index (χ2v) is 18.8. The molecule has 13 aromatic carbocycles. The van der Waals surface area contributed by atoms with Gasteiger partial charge in [0.15, 0.2) is 0 Å². The van der Waals surface area contributed by atoms with Crippen LogP contribution in [0.25, 0.3) is 86.9 Å². The smallest absolute Gasteiger partial charge is 0.310 e. The van der Waals surface area contributed by atoms with Crippen molar-refractivity contribution in [2.75, 3.05) is 9.80 Å². The Bertz CT molecular complexity index is 4170. The summed E-state index contributed by atoms with van der Waals surface area (Å²) >= 11 is 0. The highest BCUT2D eigenvalue weighted by Gasteiger charge is 2.33. The van der Waals surface area contributed by atoms with Gasteiger partial charge in [0.2, 0.25) is 0 Å². The standard InChI is InChI=1S/C68H45F3N2/c1-44-18-14-15-27-53(44)45-30-34-55-59(38-45)65-42-64-58-37-33-52(73(49-23-10-4-11-24-49)50-25-12-5-13-26-50)41-62(58)56-35-31-46(54-28-16-17-29-67(54)68(69,70)71)39-60(56)66(64)43-63(65)57-36-32-51(40-61(55)57)72(47-19-6-2-7-20-47)48-21-8-3-9-22-48/h2-43H,1H3. The molecule has 0 N–H and O–H groups in total. The fraction of sp³-hybridized carbons (Fsp3) is 0.0294. The van der Waals surface area contributed by atoms with E-state index in [-0.39, 0.29) is 5.56 Å². The summed E-state index contributed by atoms with van der Waals surface area (Å²) in [4.78, 5) is 4.55. The molecule has 0 amide bonds.